The zero-order valence-electron chi connectivity index (χ0n) is 8.27. The van der Waals surface area contributed by atoms with Gasteiger partial charge in [0.2, 0.25) is 0 Å². The minimum Gasteiger partial charge on any atom is -0.324 e. The first-order valence-corrected chi connectivity index (χ1v) is 4.53. The van der Waals surface area contributed by atoms with Gasteiger partial charge in [0.15, 0.2) is 5.82 Å². The van der Waals surface area contributed by atoms with Crippen LogP contribution >= 0.6 is 0 Å². The first kappa shape index (κ1) is 9.60. The molecule has 0 atom stereocenters. The van der Waals surface area contributed by atoms with Crippen molar-refractivity contribution >= 4 is 0 Å². The lowest BCUT2D eigenvalue weighted by atomic mass is 10.4. The maximum atomic E-state index is 11.5. The van der Waals surface area contributed by atoms with E-state index in [-0.39, 0.29) is 12.2 Å². The number of H-pyrrole nitrogens is 1. The highest BCUT2D eigenvalue weighted by molar-refractivity contribution is 5.22. The maximum Gasteiger partial charge on any atom is 0.349 e. The van der Waals surface area contributed by atoms with Crippen molar-refractivity contribution in [3.05, 3.63) is 40.2 Å². The number of nitrogens with one attached hydrogen (secondary N) is 1. The molecule has 0 aliphatic rings. The van der Waals surface area contributed by atoms with Crippen LogP contribution in [0.2, 0.25) is 0 Å². The van der Waals surface area contributed by atoms with Gasteiger partial charge >= 0.3 is 5.69 Å². The Kier molecular flexibility index (Phi) is 2.34. The monoisotopic (exact) mass is 205 g/mol. The fraction of sp³-hybridized carbons (Fsp3) is 0.222. The Morgan fingerprint density at radius 3 is 2.93 bits per heavy atom. The van der Waals surface area contributed by atoms with Gasteiger partial charge in [0.25, 0.3) is 0 Å². The molecule has 2 aromatic heterocycles. The summed E-state index contributed by atoms with van der Waals surface area (Å²) in [5.41, 5.74) is 5.88. The molecular formula is C9H11N5O. The van der Waals surface area contributed by atoms with Gasteiger partial charge in [-0.1, -0.05) is 6.07 Å². The molecule has 0 saturated carbocycles. The Morgan fingerprint density at radius 2 is 2.33 bits per heavy atom. The van der Waals surface area contributed by atoms with E-state index in [4.69, 9.17) is 5.73 Å². The van der Waals surface area contributed by atoms with Crippen LogP contribution in [0.25, 0.3) is 5.82 Å². The van der Waals surface area contributed by atoms with Crippen molar-refractivity contribution < 1.29 is 0 Å². The van der Waals surface area contributed by atoms with Crippen LogP contribution in [-0.2, 0) is 6.54 Å². The number of hydrogen-bond donors (Lipinski definition) is 2. The van der Waals surface area contributed by atoms with Crippen LogP contribution in [0.4, 0.5) is 0 Å². The summed E-state index contributed by atoms with van der Waals surface area (Å²) >= 11 is 0. The fourth-order valence-electron chi connectivity index (χ4n) is 1.26. The van der Waals surface area contributed by atoms with Crippen LogP contribution < -0.4 is 11.4 Å². The molecule has 0 aromatic carbocycles. The molecule has 2 aromatic rings. The van der Waals surface area contributed by atoms with Gasteiger partial charge in [-0.3, -0.25) is 4.98 Å². The summed E-state index contributed by atoms with van der Waals surface area (Å²) in [4.78, 5) is 18.2. The number of aromatic amines is 1. The summed E-state index contributed by atoms with van der Waals surface area (Å²) in [6.07, 6.45) is 0. The minimum absolute atomic E-state index is 0.202. The lowest BCUT2D eigenvalue weighted by Gasteiger charge is -1.98. The highest BCUT2D eigenvalue weighted by Crippen LogP contribution is 2.00. The van der Waals surface area contributed by atoms with Crippen LogP contribution in [-0.4, -0.2) is 19.7 Å². The fourth-order valence-corrected chi connectivity index (χ4v) is 1.26. The largest absolute Gasteiger partial charge is 0.349 e. The van der Waals surface area contributed by atoms with E-state index in [0.29, 0.717) is 11.6 Å². The average molecular weight is 205 g/mol. The molecule has 0 unspecified atom stereocenters. The molecule has 3 N–H and O–H groups in total. The molecule has 2 rings (SSSR count). The third-order valence-corrected chi connectivity index (χ3v) is 1.95. The van der Waals surface area contributed by atoms with Crippen LogP contribution in [0.1, 0.15) is 11.5 Å². The lowest BCUT2D eigenvalue weighted by molar-refractivity contribution is 0.786. The van der Waals surface area contributed by atoms with Crippen LogP contribution in [0.5, 0.6) is 0 Å². The van der Waals surface area contributed by atoms with Crippen LogP contribution in [0, 0.1) is 6.92 Å². The molecule has 2 heterocycles. The van der Waals surface area contributed by atoms with Crippen LogP contribution in [0.3, 0.4) is 0 Å². The van der Waals surface area contributed by atoms with E-state index >= 15 is 0 Å². The lowest BCUT2D eigenvalue weighted by Crippen LogP contribution is -2.17. The SMILES string of the molecule is Cc1cccc(-n2nc(CN)[nH]c2=O)n1. The molecule has 0 fully saturated rings. The minimum atomic E-state index is -0.325. The second kappa shape index (κ2) is 3.66. The topological polar surface area (TPSA) is 89.6 Å². The van der Waals surface area contributed by atoms with Crippen molar-refractivity contribution in [1.29, 1.82) is 0 Å². The number of aromatic nitrogens is 4. The maximum absolute atomic E-state index is 11.5. The molecule has 0 saturated heterocycles. The van der Waals surface area contributed by atoms with Gasteiger partial charge in [0, 0.05) is 5.69 Å². The van der Waals surface area contributed by atoms with E-state index in [1.807, 2.05) is 19.1 Å². The number of pyridine rings is 1. The molecule has 0 bridgehead atoms. The summed E-state index contributed by atoms with van der Waals surface area (Å²) < 4.78 is 1.20. The van der Waals surface area contributed by atoms with Crippen LogP contribution in [0.15, 0.2) is 23.0 Å². The average Bonchev–Trinajstić information content (AvgIpc) is 2.60. The molecule has 0 amide bonds. The van der Waals surface area contributed by atoms with Gasteiger partial charge in [-0.2, -0.15) is 4.68 Å². The van der Waals surface area contributed by atoms with E-state index in [0.717, 1.165) is 5.69 Å². The number of aryl methyl sites for hydroxylation is 1. The zero-order chi connectivity index (χ0) is 10.8. The number of nitrogens with zero attached hydrogens (tertiary/aromatic N) is 3. The molecule has 0 radical (unpaired) electrons. The Morgan fingerprint density at radius 1 is 1.53 bits per heavy atom. The Labute approximate surface area is 85.8 Å². The summed E-state index contributed by atoms with van der Waals surface area (Å²) in [7, 11) is 0. The van der Waals surface area contributed by atoms with Gasteiger partial charge in [-0.15, -0.1) is 5.10 Å². The summed E-state index contributed by atoms with van der Waals surface area (Å²) in [6.45, 7) is 2.05. The van der Waals surface area contributed by atoms with Gasteiger partial charge in [-0.25, -0.2) is 9.78 Å². The third kappa shape index (κ3) is 1.79. The molecule has 6 heteroatoms. The normalized spacial score (nSPS) is 10.5. The zero-order valence-corrected chi connectivity index (χ0v) is 8.27. The van der Waals surface area contributed by atoms with Crippen molar-refractivity contribution in [3.63, 3.8) is 0 Å². The predicted octanol–water partition coefficient (Wildman–Crippen LogP) is -0.277. The first-order chi connectivity index (χ1) is 7.20. The first-order valence-electron chi connectivity index (χ1n) is 4.53. The second-order valence-corrected chi connectivity index (χ2v) is 3.13. The second-order valence-electron chi connectivity index (χ2n) is 3.13. The van der Waals surface area contributed by atoms with Gasteiger partial charge in [0.05, 0.1) is 6.54 Å². The molecule has 0 spiro atoms. The number of hydrogen-bond acceptors (Lipinski definition) is 4. The summed E-state index contributed by atoms with van der Waals surface area (Å²) in [5, 5.41) is 4.00. The Bertz CT molecular complexity index is 527. The standard InChI is InChI=1S/C9H11N5O/c1-6-3-2-4-8(11-6)14-9(15)12-7(5-10)13-14/h2-4H,5,10H2,1H3,(H,12,13,15). The van der Waals surface area contributed by atoms with Gasteiger partial charge in [-0.05, 0) is 19.1 Å². The third-order valence-electron chi connectivity index (χ3n) is 1.95. The molecule has 6 nitrogen and oxygen atoms in total. The molecular weight excluding hydrogens is 194 g/mol. The number of rotatable bonds is 2. The van der Waals surface area contributed by atoms with Crippen molar-refractivity contribution in [2.45, 2.75) is 13.5 Å². The van der Waals surface area contributed by atoms with E-state index in [1.165, 1.54) is 4.68 Å². The molecule has 0 aliphatic heterocycles. The van der Waals surface area contributed by atoms with Crippen molar-refractivity contribution in [1.82, 2.24) is 19.7 Å². The van der Waals surface area contributed by atoms with Crippen molar-refractivity contribution in [3.8, 4) is 5.82 Å². The van der Waals surface area contributed by atoms with E-state index in [1.54, 1.807) is 6.07 Å². The Hall–Kier alpha value is -1.95. The van der Waals surface area contributed by atoms with Crippen molar-refractivity contribution in [2.75, 3.05) is 0 Å². The molecule has 15 heavy (non-hydrogen) atoms. The van der Waals surface area contributed by atoms with Crippen molar-refractivity contribution in [2.24, 2.45) is 5.73 Å². The number of nitrogens with two attached hydrogens (primary N) is 1. The van der Waals surface area contributed by atoms with E-state index in [2.05, 4.69) is 15.1 Å². The summed E-state index contributed by atoms with van der Waals surface area (Å²) in [6, 6.07) is 5.39. The smallest absolute Gasteiger partial charge is 0.324 e. The van der Waals surface area contributed by atoms with E-state index in [9.17, 15) is 4.79 Å². The molecule has 78 valence electrons. The summed E-state index contributed by atoms with van der Waals surface area (Å²) in [5.74, 6) is 0.944. The highest BCUT2D eigenvalue weighted by atomic mass is 16.2. The van der Waals surface area contributed by atoms with Gasteiger partial charge < -0.3 is 5.73 Å². The molecule has 0 aliphatic carbocycles. The van der Waals surface area contributed by atoms with E-state index < -0.39 is 0 Å². The highest BCUT2D eigenvalue weighted by Gasteiger charge is 2.06. The predicted molar refractivity (Wildman–Crippen MR) is 54.6 cm³/mol. The quantitative estimate of drug-likeness (QED) is 0.705. The van der Waals surface area contributed by atoms with Gasteiger partial charge in [0.1, 0.15) is 5.82 Å². The Balaban J connectivity index is 2.54.